The number of hydrogen-bond donors (Lipinski definition) is 0. The van der Waals surface area contributed by atoms with E-state index < -0.39 is 11.7 Å². The summed E-state index contributed by atoms with van der Waals surface area (Å²) in [5, 5.41) is 0. The first kappa shape index (κ1) is 15.8. The monoisotopic (exact) mass is 324 g/mol. The van der Waals surface area contributed by atoms with Crippen molar-refractivity contribution in [2.45, 2.75) is 38.9 Å². The minimum atomic E-state index is -4.35. The summed E-state index contributed by atoms with van der Waals surface area (Å²) in [6.45, 7) is 5.50. The molecule has 1 aliphatic rings. The Hall–Kier alpha value is -2.05. The molecule has 0 amide bonds. The van der Waals surface area contributed by atoms with Crippen molar-refractivity contribution in [3.8, 4) is 0 Å². The molecule has 3 rings (SSSR count). The largest absolute Gasteiger partial charge is 0.417 e. The van der Waals surface area contributed by atoms with Crippen LogP contribution < -0.4 is 4.90 Å². The highest BCUT2D eigenvalue weighted by atomic mass is 19.4. The van der Waals surface area contributed by atoms with Crippen molar-refractivity contribution >= 4 is 5.82 Å². The van der Waals surface area contributed by atoms with E-state index in [1.54, 1.807) is 0 Å². The SMILES string of the molecule is CC(C)c1nc2c(n1C)CCN(c1ccc(C(F)(F)F)cn1)C2. The molecule has 0 aliphatic carbocycles. The molecule has 0 radical (unpaired) electrons. The average Bonchev–Trinajstić information content (AvgIpc) is 2.83. The van der Waals surface area contributed by atoms with Crippen LogP contribution in [-0.4, -0.2) is 21.1 Å². The van der Waals surface area contributed by atoms with Crippen LogP contribution in [0.1, 0.15) is 42.5 Å². The van der Waals surface area contributed by atoms with Gasteiger partial charge in [0.2, 0.25) is 0 Å². The molecule has 23 heavy (non-hydrogen) atoms. The van der Waals surface area contributed by atoms with Gasteiger partial charge in [-0.25, -0.2) is 9.97 Å². The molecule has 4 nitrogen and oxygen atoms in total. The fourth-order valence-electron chi connectivity index (χ4n) is 3.00. The number of alkyl halides is 3. The van der Waals surface area contributed by atoms with Crippen LogP contribution in [0.5, 0.6) is 0 Å². The maximum atomic E-state index is 12.6. The first-order valence-corrected chi connectivity index (χ1v) is 7.60. The van der Waals surface area contributed by atoms with Gasteiger partial charge in [-0.1, -0.05) is 13.8 Å². The number of hydrogen-bond acceptors (Lipinski definition) is 3. The van der Waals surface area contributed by atoms with Gasteiger partial charge in [-0.15, -0.1) is 0 Å². The second-order valence-electron chi connectivity index (χ2n) is 6.15. The van der Waals surface area contributed by atoms with Gasteiger partial charge in [-0.05, 0) is 12.1 Å². The molecule has 0 unspecified atom stereocenters. The Kier molecular flexibility index (Phi) is 3.82. The number of nitrogens with zero attached hydrogens (tertiary/aromatic N) is 4. The lowest BCUT2D eigenvalue weighted by Gasteiger charge is -2.27. The molecule has 0 N–H and O–H groups in total. The molecule has 2 aromatic heterocycles. The summed E-state index contributed by atoms with van der Waals surface area (Å²) in [7, 11) is 2.02. The highest BCUT2D eigenvalue weighted by molar-refractivity contribution is 5.43. The maximum Gasteiger partial charge on any atom is 0.417 e. The van der Waals surface area contributed by atoms with Crippen LogP contribution in [0.3, 0.4) is 0 Å². The first-order chi connectivity index (χ1) is 10.8. The van der Waals surface area contributed by atoms with Gasteiger partial charge in [0.05, 0.1) is 17.8 Å². The second kappa shape index (κ2) is 5.54. The Morgan fingerprint density at radius 3 is 2.52 bits per heavy atom. The number of aromatic nitrogens is 3. The summed E-state index contributed by atoms with van der Waals surface area (Å²) in [4.78, 5) is 10.6. The predicted molar refractivity (Wildman–Crippen MR) is 81.3 cm³/mol. The minimum absolute atomic E-state index is 0.336. The highest BCUT2D eigenvalue weighted by Gasteiger charge is 2.31. The normalized spacial score (nSPS) is 15.2. The molecule has 0 aromatic carbocycles. The predicted octanol–water partition coefficient (Wildman–Crippen LogP) is 3.52. The zero-order valence-electron chi connectivity index (χ0n) is 13.4. The smallest absolute Gasteiger partial charge is 0.350 e. The van der Waals surface area contributed by atoms with E-state index in [0.29, 0.717) is 18.3 Å². The molecule has 1 aliphatic heterocycles. The Labute approximate surface area is 133 Å². The highest BCUT2D eigenvalue weighted by Crippen LogP contribution is 2.30. The van der Waals surface area contributed by atoms with Gasteiger partial charge in [-0.3, -0.25) is 0 Å². The van der Waals surface area contributed by atoms with Crippen LogP contribution in [0, 0.1) is 0 Å². The molecule has 0 atom stereocenters. The van der Waals surface area contributed by atoms with Gasteiger partial charge in [0.15, 0.2) is 0 Å². The van der Waals surface area contributed by atoms with Crippen molar-refractivity contribution in [3.63, 3.8) is 0 Å². The number of anilines is 1. The van der Waals surface area contributed by atoms with Crippen molar-refractivity contribution in [1.29, 1.82) is 0 Å². The van der Waals surface area contributed by atoms with E-state index in [2.05, 4.69) is 23.4 Å². The molecule has 0 spiro atoms. The summed E-state index contributed by atoms with van der Waals surface area (Å²) in [5.74, 6) is 1.93. The molecule has 2 aromatic rings. The Morgan fingerprint density at radius 1 is 1.22 bits per heavy atom. The van der Waals surface area contributed by atoms with Crippen molar-refractivity contribution in [1.82, 2.24) is 14.5 Å². The topological polar surface area (TPSA) is 34.0 Å². The fraction of sp³-hybridized carbons (Fsp3) is 0.500. The van der Waals surface area contributed by atoms with Crippen LogP contribution in [0.15, 0.2) is 18.3 Å². The van der Waals surface area contributed by atoms with Crippen LogP contribution in [0.25, 0.3) is 0 Å². The van der Waals surface area contributed by atoms with Gasteiger partial charge in [-0.2, -0.15) is 13.2 Å². The van der Waals surface area contributed by atoms with Crippen molar-refractivity contribution < 1.29 is 13.2 Å². The Morgan fingerprint density at radius 2 is 1.96 bits per heavy atom. The van der Waals surface area contributed by atoms with Gasteiger partial charge in [0, 0.05) is 37.8 Å². The lowest BCUT2D eigenvalue weighted by molar-refractivity contribution is -0.137. The van der Waals surface area contributed by atoms with Crippen LogP contribution >= 0.6 is 0 Å². The minimum Gasteiger partial charge on any atom is -0.350 e. The summed E-state index contributed by atoms with van der Waals surface area (Å²) in [6.07, 6.45) is -2.65. The van der Waals surface area contributed by atoms with Gasteiger partial charge < -0.3 is 9.47 Å². The molecule has 3 heterocycles. The molecule has 0 fully saturated rings. The quantitative estimate of drug-likeness (QED) is 0.847. The summed E-state index contributed by atoms with van der Waals surface area (Å²) in [5.41, 5.74) is 1.47. The number of halogens is 3. The van der Waals surface area contributed by atoms with E-state index in [1.165, 1.54) is 11.8 Å². The third-order valence-electron chi connectivity index (χ3n) is 4.21. The number of rotatable bonds is 2. The lowest BCUT2D eigenvalue weighted by Crippen LogP contribution is -2.31. The molecular formula is C16H19F3N4. The molecule has 124 valence electrons. The number of pyridine rings is 1. The van der Waals surface area contributed by atoms with Crippen molar-refractivity contribution in [3.05, 3.63) is 41.1 Å². The van der Waals surface area contributed by atoms with Gasteiger partial charge in [0.25, 0.3) is 0 Å². The number of imidazole rings is 1. The lowest BCUT2D eigenvalue weighted by atomic mass is 10.1. The van der Waals surface area contributed by atoms with Crippen LogP contribution in [0.2, 0.25) is 0 Å². The van der Waals surface area contributed by atoms with E-state index in [1.807, 2.05) is 11.9 Å². The third kappa shape index (κ3) is 2.92. The van der Waals surface area contributed by atoms with Crippen molar-refractivity contribution in [2.24, 2.45) is 7.05 Å². The van der Waals surface area contributed by atoms with Gasteiger partial charge >= 0.3 is 6.18 Å². The molecular weight excluding hydrogens is 305 g/mol. The molecule has 0 saturated carbocycles. The van der Waals surface area contributed by atoms with Crippen LogP contribution in [0.4, 0.5) is 19.0 Å². The Balaban J connectivity index is 1.83. The standard InChI is InChI=1S/C16H19F3N4/c1-10(2)15-21-12-9-23(7-6-13(12)22(15)3)14-5-4-11(8-20-14)16(17,18)19/h4-5,8,10H,6-7,9H2,1-3H3. The van der Waals surface area contributed by atoms with E-state index in [-0.39, 0.29) is 0 Å². The van der Waals surface area contributed by atoms with Crippen molar-refractivity contribution in [2.75, 3.05) is 11.4 Å². The van der Waals surface area contributed by atoms with E-state index in [0.717, 1.165) is 36.7 Å². The summed E-state index contributed by atoms with van der Waals surface area (Å²) >= 11 is 0. The molecule has 0 bridgehead atoms. The maximum absolute atomic E-state index is 12.6. The Bertz CT molecular complexity index is 701. The number of fused-ring (bicyclic) bond motifs is 1. The summed E-state index contributed by atoms with van der Waals surface area (Å²) in [6, 6.07) is 2.51. The van der Waals surface area contributed by atoms with Crippen LogP contribution in [-0.2, 0) is 26.2 Å². The zero-order valence-corrected chi connectivity index (χ0v) is 13.4. The molecule has 7 heteroatoms. The average molecular weight is 324 g/mol. The first-order valence-electron chi connectivity index (χ1n) is 7.60. The zero-order chi connectivity index (χ0) is 16.8. The second-order valence-corrected chi connectivity index (χ2v) is 6.15. The van der Waals surface area contributed by atoms with E-state index in [4.69, 9.17) is 4.98 Å². The van der Waals surface area contributed by atoms with Gasteiger partial charge in [0.1, 0.15) is 11.6 Å². The van der Waals surface area contributed by atoms with E-state index in [9.17, 15) is 13.2 Å². The fourth-order valence-corrected chi connectivity index (χ4v) is 3.00. The summed E-state index contributed by atoms with van der Waals surface area (Å²) < 4.78 is 40.0. The molecule has 0 saturated heterocycles. The van der Waals surface area contributed by atoms with E-state index >= 15 is 0 Å². The third-order valence-corrected chi connectivity index (χ3v) is 4.21.